The lowest BCUT2D eigenvalue weighted by Crippen LogP contribution is -2.54. The third-order valence-corrected chi connectivity index (χ3v) is 9.03. The molecule has 260 valence electrons. The Kier molecular flexibility index (Phi) is 11.8. The van der Waals surface area contributed by atoms with Gasteiger partial charge in [0.2, 0.25) is 17.7 Å². The molecule has 1 aliphatic carbocycles. The summed E-state index contributed by atoms with van der Waals surface area (Å²) in [6.07, 6.45) is 2.92. The number of benzene rings is 3. The number of carbonyl (C=O) groups excluding carboxylic acids is 4. The molecule has 1 heterocycles. The molecule has 1 saturated carbocycles. The van der Waals surface area contributed by atoms with Crippen LogP contribution in [-0.4, -0.2) is 80.1 Å². The van der Waals surface area contributed by atoms with E-state index in [1.807, 2.05) is 55.5 Å². The van der Waals surface area contributed by atoms with Gasteiger partial charge in [-0.2, -0.15) is 0 Å². The average molecular weight is 671 g/mol. The minimum absolute atomic E-state index is 0.0469. The summed E-state index contributed by atoms with van der Waals surface area (Å²) in [7, 11) is 3.33. The van der Waals surface area contributed by atoms with Crippen LogP contribution < -0.4 is 30.2 Å². The highest BCUT2D eigenvalue weighted by atomic mass is 16.5. The molecule has 0 aromatic heterocycles. The zero-order valence-corrected chi connectivity index (χ0v) is 28.5. The molecule has 3 N–H and O–H groups in total. The number of aryl methyl sites for hydroxylation is 1. The van der Waals surface area contributed by atoms with Gasteiger partial charge in [-0.3, -0.25) is 19.2 Å². The molecule has 3 aromatic carbocycles. The van der Waals surface area contributed by atoms with Crippen LogP contribution in [0.4, 0.5) is 0 Å². The van der Waals surface area contributed by atoms with Gasteiger partial charge < -0.3 is 35.1 Å². The van der Waals surface area contributed by atoms with Gasteiger partial charge in [-0.15, -0.1) is 0 Å². The van der Waals surface area contributed by atoms with Crippen LogP contribution in [0.2, 0.25) is 0 Å². The van der Waals surface area contributed by atoms with Crippen molar-refractivity contribution in [3.8, 4) is 17.2 Å². The molecule has 0 radical (unpaired) electrons. The molecule has 0 saturated heterocycles. The minimum Gasteiger partial charge on any atom is -0.493 e. The van der Waals surface area contributed by atoms with Gasteiger partial charge in [-0.25, -0.2) is 0 Å². The van der Waals surface area contributed by atoms with Crippen molar-refractivity contribution in [1.29, 1.82) is 0 Å². The lowest BCUT2D eigenvalue weighted by molar-refractivity contribution is -0.139. The molecular formula is C38H46N4O7. The Bertz CT molecular complexity index is 1630. The van der Waals surface area contributed by atoms with Crippen molar-refractivity contribution in [2.75, 3.05) is 33.9 Å². The third kappa shape index (κ3) is 9.10. The topological polar surface area (TPSA) is 135 Å². The number of amides is 4. The number of para-hydroxylation sites is 1. The number of rotatable bonds is 10. The van der Waals surface area contributed by atoms with Gasteiger partial charge in [0.1, 0.15) is 23.9 Å². The van der Waals surface area contributed by atoms with E-state index in [9.17, 15) is 19.2 Å². The van der Waals surface area contributed by atoms with Crippen LogP contribution in [0, 0.1) is 0 Å². The van der Waals surface area contributed by atoms with Crippen molar-refractivity contribution in [2.24, 2.45) is 0 Å². The predicted octanol–water partition coefficient (Wildman–Crippen LogP) is 3.83. The van der Waals surface area contributed by atoms with Crippen LogP contribution in [0.5, 0.6) is 17.2 Å². The molecule has 5 rings (SSSR count). The smallest absolute Gasteiger partial charge is 0.255 e. The predicted molar refractivity (Wildman–Crippen MR) is 185 cm³/mol. The van der Waals surface area contributed by atoms with Gasteiger partial charge in [-0.1, -0.05) is 48.5 Å². The van der Waals surface area contributed by atoms with E-state index in [-0.39, 0.29) is 42.9 Å². The lowest BCUT2D eigenvalue weighted by Gasteiger charge is -2.32. The maximum Gasteiger partial charge on any atom is 0.255 e. The van der Waals surface area contributed by atoms with E-state index in [0.29, 0.717) is 62.5 Å². The SMILES string of the molecule is CCOc1ccc(CCCNC(=O)[C@@H]2CCC(=O)NC3(CC3)C(=O)N(C)[C@@H](Cc3ccccc3)COc3ccccc3C(=O)N2)cc1OC. The molecule has 0 bridgehead atoms. The van der Waals surface area contributed by atoms with E-state index in [4.69, 9.17) is 14.2 Å². The summed E-state index contributed by atoms with van der Waals surface area (Å²) < 4.78 is 17.3. The Labute approximate surface area is 287 Å². The molecule has 1 aliphatic heterocycles. The standard InChI is InChI=1S/C38H46N4O7/c1-4-48-32-18-16-27(24-33(32)47-3)13-10-22-39-36(45)30-17-19-34(43)41-38(20-21-38)37(46)42(2)28(23-26-11-6-5-7-12-26)25-49-31-15-9-8-14-29(31)35(44)40-30/h5-9,11-12,14-16,18,24,28,30H,4,10,13,17,19-23,25H2,1-3H3,(H,39,45)(H,40,44)(H,41,43)/t28-,30-/m0/s1. The fourth-order valence-corrected chi connectivity index (χ4v) is 6.06. The first-order valence-corrected chi connectivity index (χ1v) is 17.0. The molecule has 4 amide bonds. The maximum absolute atomic E-state index is 13.8. The highest BCUT2D eigenvalue weighted by Crippen LogP contribution is 2.38. The molecule has 2 aliphatic rings. The van der Waals surface area contributed by atoms with E-state index in [0.717, 1.165) is 11.1 Å². The minimum atomic E-state index is -0.985. The summed E-state index contributed by atoms with van der Waals surface area (Å²) in [6, 6.07) is 21.0. The van der Waals surface area contributed by atoms with Crippen molar-refractivity contribution >= 4 is 23.6 Å². The summed E-state index contributed by atoms with van der Waals surface area (Å²) in [6.45, 7) is 2.93. The molecule has 49 heavy (non-hydrogen) atoms. The van der Waals surface area contributed by atoms with E-state index < -0.39 is 23.4 Å². The van der Waals surface area contributed by atoms with Gasteiger partial charge in [0.25, 0.3) is 5.91 Å². The maximum atomic E-state index is 13.8. The molecule has 2 atom stereocenters. The van der Waals surface area contributed by atoms with Gasteiger partial charge >= 0.3 is 0 Å². The van der Waals surface area contributed by atoms with Gasteiger partial charge in [0, 0.05) is 20.0 Å². The van der Waals surface area contributed by atoms with Gasteiger partial charge in [0.05, 0.1) is 25.3 Å². The molecule has 0 unspecified atom stereocenters. The Morgan fingerprint density at radius 1 is 1.00 bits per heavy atom. The second kappa shape index (κ2) is 16.4. The summed E-state index contributed by atoms with van der Waals surface area (Å²) in [5.74, 6) is 0.257. The summed E-state index contributed by atoms with van der Waals surface area (Å²) >= 11 is 0. The van der Waals surface area contributed by atoms with E-state index in [1.54, 1.807) is 43.3 Å². The number of hydrogen-bond acceptors (Lipinski definition) is 7. The average Bonchev–Trinajstić information content (AvgIpc) is 3.90. The molecule has 11 heteroatoms. The summed E-state index contributed by atoms with van der Waals surface area (Å²) in [5, 5.41) is 8.71. The van der Waals surface area contributed by atoms with Gasteiger partial charge in [-0.05, 0) is 80.8 Å². The number of carbonyl (C=O) groups is 4. The molecule has 3 aromatic rings. The van der Waals surface area contributed by atoms with Crippen molar-refractivity contribution in [3.63, 3.8) is 0 Å². The molecule has 1 fully saturated rings. The number of fused-ring (bicyclic) bond motifs is 1. The number of methoxy groups -OCH3 is 1. The van der Waals surface area contributed by atoms with Crippen LogP contribution in [0.3, 0.4) is 0 Å². The van der Waals surface area contributed by atoms with E-state index in [1.165, 1.54) is 0 Å². The summed E-state index contributed by atoms with van der Waals surface area (Å²) in [5.41, 5.74) is 1.34. The third-order valence-electron chi connectivity index (χ3n) is 9.03. The fraction of sp³-hybridized carbons (Fsp3) is 0.421. The first-order chi connectivity index (χ1) is 23.7. The van der Waals surface area contributed by atoms with Crippen molar-refractivity contribution in [3.05, 3.63) is 89.5 Å². The fourth-order valence-electron chi connectivity index (χ4n) is 6.06. The lowest BCUT2D eigenvalue weighted by atomic mass is 10.0. The Morgan fingerprint density at radius 3 is 2.49 bits per heavy atom. The Morgan fingerprint density at radius 2 is 1.76 bits per heavy atom. The van der Waals surface area contributed by atoms with Crippen LogP contribution >= 0.6 is 0 Å². The molecule has 1 spiro atoms. The quantitative estimate of drug-likeness (QED) is 0.279. The number of ether oxygens (including phenoxy) is 3. The second-order valence-electron chi connectivity index (χ2n) is 12.6. The second-order valence-corrected chi connectivity index (χ2v) is 12.6. The van der Waals surface area contributed by atoms with E-state index in [2.05, 4.69) is 16.0 Å². The normalized spacial score (nSPS) is 19.3. The van der Waals surface area contributed by atoms with Crippen LogP contribution in [-0.2, 0) is 27.2 Å². The Balaban J connectivity index is 1.30. The zero-order chi connectivity index (χ0) is 34.8. The number of nitrogens with zero attached hydrogens (tertiary/aromatic N) is 1. The van der Waals surface area contributed by atoms with Crippen molar-refractivity contribution in [2.45, 2.75) is 69.5 Å². The number of hydrogen-bond donors (Lipinski definition) is 3. The Hall–Kier alpha value is -5.06. The molecule has 11 nitrogen and oxygen atoms in total. The highest BCUT2D eigenvalue weighted by molar-refractivity contribution is 6.00. The van der Waals surface area contributed by atoms with Crippen LogP contribution in [0.1, 0.15) is 60.5 Å². The monoisotopic (exact) mass is 670 g/mol. The van der Waals surface area contributed by atoms with Crippen LogP contribution in [0.15, 0.2) is 72.8 Å². The van der Waals surface area contributed by atoms with Crippen molar-refractivity contribution in [1.82, 2.24) is 20.9 Å². The molecular weight excluding hydrogens is 624 g/mol. The van der Waals surface area contributed by atoms with Crippen LogP contribution in [0.25, 0.3) is 0 Å². The first kappa shape index (κ1) is 35.3. The largest absolute Gasteiger partial charge is 0.493 e. The van der Waals surface area contributed by atoms with Crippen molar-refractivity contribution < 1.29 is 33.4 Å². The van der Waals surface area contributed by atoms with Gasteiger partial charge in [0.15, 0.2) is 11.5 Å². The summed E-state index contributed by atoms with van der Waals surface area (Å²) in [4.78, 5) is 55.8. The highest BCUT2D eigenvalue weighted by Gasteiger charge is 2.53. The number of nitrogens with one attached hydrogen (secondary N) is 3. The zero-order valence-electron chi connectivity index (χ0n) is 28.5. The number of likely N-dealkylation sites (N-methyl/N-ethyl adjacent to an activating group) is 1. The van der Waals surface area contributed by atoms with E-state index >= 15 is 0 Å². The first-order valence-electron chi connectivity index (χ1n) is 17.0.